The second-order valence-corrected chi connectivity index (χ2v) is 7.54. The summed E-state index contributed by atoms with van der Waals surface area (Å²) in [6, 6.07) is 10.4. The molecule has 124 valence electrons. The number of imidazole rings is 1. The highest BCUT2D eigenvalue weighted by Gasteiger charge is 2.19. The lowest BCUT2D eigenvalue weighted by Gasteiger charge is -2.18. The Morgan fingerprint density at radius 3 is 2.58 bits per heavy atom. The van der Waals surface area contributed by atoms with Crippen molar-refractivity contribution in [1.82, 2.24) is 9.97 Å². The topological polar surface area (TPSA) is 54.7 Å². The minimum atomic E-state index is -0.229. The molecular weight excluding hydrogens is 321 g/mol. The standard InChI is InChI=1S/C19H20FN3S/c20-13-6-8-14(9-7-13)24-18-11-17-16(10-15(18)21)22-19(23-17)12-4-2-1-3-5-12/h6-12H,1-5,21H2,(H,22,23). The Morgan fingerprint density at radius 2 is 1.83 bits per heavy atom. The van der Waals surface area contributed by atoms with E-state index in [0.717, 1.165) is 32.3 Å². The van der Waals surface area contributed by atoms with Crippen LogP contribution in [0.15, 0.2) is 46.2 Å². The Morgan fingerprint density at radius 1 is 1.08 bits per heavy atom. The molecule has 0 spiro atoms. The average molecular weight is 341 g/mol. The SMILES string of the molecule is Nc1cc2[nH]c(C3CCCCC3)nc2cc1Sc1ccc(F)cc1. The Hall–Kier alpha value is -2.01. The van der Waals surface area contributed by atoms with E-state index in [1.54, 1.807) is 12.1 Å². The number of hydrogen-bond donors (Lipinski definition) is 2. The van der Waals surface area contributed by atoms with Crippen LogP contribution in [-0.4, -0.2) is 9.97 Å². The molecule has 1 aliphatic rings. The van der Waals surface area contributed by atoms with Gasteiger partial charge in [0.25, 0.3) is 0 Å². The molecule has 3 nitrogen and oxygen atoms in total. The third-order valence-electron chi connectivity index (χ3n) is 4.67. The number of nitrogen functional groups attached to an aromatic ring is 1. The number of fused-ring (bicyclic) bond motifs is 1. The van der Waals surface area contributed by atoms with Gasteiger partial charge in [0.2, 0.25) is 0 Å². The fraction of sp³-hybridized carbons (Fsp3) is 0.316. The first-order valence-electron chi connectivity index (χ1n) is 8.41. The molecule has 0 aliphatic heterocycles. The number of nitrogens with two attached hydrogens (primary N) is 1. The summed E-state index contributed by atoms with van der Waals surface area (Å²) < 4.78 is 13.0. The molecule has 1 fully saturated rings. The van der Waals surface area contributed by atoms with Crippen LogP contribution in [0.25, 0.3) is 11.0 Å². The summed E-state index contributed by atoms with van der Waals surface area (Å²) in [6.45, 7) is 0. The van der Waals surface area contributed by atoms with E-state index in [0.29, 0.717) is 5.92 Å². The van der Waals surface area contributed by atoms with E-state index in [9.17, 15) is 4.39 Å². The molecule has 3 aromatic rings. The predicted octanol–water partition coefficient (Wildman–Crippen LogP) is 5.48. The number of benzene rings is 2. The Kier molecular flexibility index (Phi) is 4.19. The van der Waals surface area contributed by atoms with Gasteiger partial charge in [-0.15, -0.1) is 0 Å². The smallest absolute Gasteiger partial charge is 0.123 e. The van der Waals surface area contributed by atoms with E-state index >= 15 is 0 Å². The summed E-state index contributed by atoms with van der Waals surface area (Å²) in [4.78, 5) is 10.2. The highest BCUT2D eigenvalue weighted by atomic mass is 32.2. The lowest BCUT2D eigenvalue weighted by molar-refractivity contribution is 0.431. The number of aromatic amines is 1. The zero-order valence-electron chi connectivity index (χ0n) is 13.4. The predicted molar refractivity (Wildman–Crippen MR) is 96.9 cm³/mol. The first-order valence-corrected chi connectivity index (χ1v) is 9.23. The van der Waals surface area contributed by atoms with E-state index < -0.39 is 0 Å². The maximum absolute atomic E-state index is 13.0. The molecule has 1 aromatic heterocycles. The van der Waals surface area contributed by atoms with Crippen LogP contribution in [-0.2, 0) is 0 Å². The molecule has 1 saturated carbocycles. The molecule has 1 aliphatic carbocycles. The fourth-order valence-electron chi connectivity index (χ4n) is 3.36. The van der Waals surface area contributed by atoms with Crippen molar-refractivity contribution in [3.8, 4) is 0 Å². The van der Waals surface area contributed by atoms with E-state index in [-0.39, 0.29) is 5.82 Å². The lowest BCUT2D eigenvalue weighted by atomic mass is 9.89. The van der Waals surface area contributed by atoms with Crippen LogP contribution in [0, 0.1) is 5.82 Å². The van der Waals surface area contributed by atoms with E-state index in [1.165, 1.54) is 56.0 Å². The number of hydrogen-bond acceptors (Lipinski definition) is 3. The number of halogens is 1. The van der Waals surface area contributed by atoms with Crippen LogP contribution >= 0.6 is 11.8 Å². The van der Waals surface area contributed by atoms with Gasteiger partial charge < -0.3 is 10.7 Å². The van der Waals surface area contributed by atoms with Crippen LogP contribution in [0.3, 0.4) is 0 Å². The highest BCUT2D eigenvalue weighted by Crippen LogP contribution is 2.36. The zero-order valence-corrected chi connectivity index (χ0v) is 14.2. The summed E-state index contributed by atoms with van der Waals surface area (Å²) in [5.74, 6) is 1.40. The minimum absolute atomic E-state index is 0.229. The first-order chi connectivity index (χ1) is 11.7. The van der Waals surface area contributed by atoms with Gasteiger partial charge in [0.05, 0.1) is 11.0 Å². The summed E-state index contributed by atoms with van der Waals surface area (Å²) in [7, 11) is 0. The number of nitrogens with zero attached hydrogens (tertiary/aromatic N) is 1. The molecule has 24 heavy (non-hydrogen) atoms. The maximum atomic E-state index is 13.0. The molecule has 4 rings (SSSR count). The van der Waals surface area contributed by atoms with Crippen molar-refractivity contribution in [2.45, 2.75) is 47.8 Å². The Labute approximate surface area is 144 Å². The molecule has 0 amide bonds. The number of anilines is 1. The number of rotatable bonds is 3. The highest BCUT2D eigenvalue weighted by molar-refractivity contribution is 7.99. The maximum Gasteiger partial charge on any atom is 0.123 e. The van der Waals surface area contributed by atoms with Crippen molar-refractivity contribution in [3.63, 3.8) is 0 Å². The van der Waals surface area contributed by atoms with Gasteiger partial charge in [0, 0.05) is 21.4 Å². The number of aromatic nitrogens is 2. The summed E-state index contributed by atoms with van der Waals surface area (Å²) >= 11 is 1.54. The van der Waals surface area contributed by atoms with Gasteiger partial charge in [-0.2, -0.15) is 0 Å². The molecule has 1 heterocycles. The van der Waals surface area contributed by atoms with Crippen molar-refractivity contribution in [3.05, 3.63) is 48.0 Å². The number of H-pyrrole nitrogens is 1. The summed E-state index contributed by atoms with van der Waals surface area (Å²) in [5, 5.41) is 0. The van der Waals surface area contributed by atoms with Crippen molar-refractivity contribution < 1.29 is 4.39 Å². The van der Waals surface area contributed by atoms with Gasteiger partial charge in [-0.25, -0.2) is 9.37 Å². The third kappa shape index (κ3) is 3.13. The van der Waals surface area contributed by atoms with Crippen LogP contribution < -0.4 is 5.73 Å². The lowest BCUT2D eigenvalue weighted by Crippen LogP contribution is -2.05. The molecule has 5 heteroatoms. The molecule has 3 N–H and O–H groups in total. The Balaban J connectivity index is 1.64. The first kappa shape index (κ1) is 15.5. The fourth-order valence-corrected chi connectivity index (χ4v) is 4.23. The largest absolute Gasteiger partial charge is 0.398 e. The van der Waals surface area contributed by atoms with Crippen molar-refractivity contribution in [1.29, 1.82) is 0 Å². The zero-order chi connectivity index (χ0) is 16.5. The van der Waals surface area contributed by atoms with E-state index in [1.807, 2.05) is 12.1 Å². The van der Waals surface area contributed by atoms with Crippen molar-refractivity contribution in [2.75, 3.05) is 5.73 Å². The molecule has 0 saturated heterocycles. The monoisotopic (exact) mass is 341 g/mol. The third-order valence-corrected chi connectivity index (χ3v) is 5.75. The van der Waals surface area contributed by atoms with Gasteiger partial charge in [0.1, 0.15) is 11.6 Å². The average Bonchev–Trinajstić information content (AvgIpc) is 3.01. The molecule has 0 radical (unpaired) electrons. The van der Waals surface area contributed by atoms with E-state index in [4.69, 9.17) is 10.7 Å². The van der Waals surface area contributed by atoms with Gasteiger partial charge in [-0.05, 0) is 49.2 Å². The van der Waals surface area contributed by atoms with Gasteiger partial charge >= 0.3 is 0 Å². The summed E-state index contributed by atoms with van der Waals surface area (Å²) in [6.07, 6.45) is 6.34. The second-order valence-electron chi connectivity index (χ2n) is 6.42. The van der Waals surface area contributed by atoms with Crippen LogP contribution in [0.2, 0.25) is 0 Å². The van der Waals surface area contributed by atoms with Crippen LogP contribution in [0.1, 0.15) is 43.8 Å². The molecule has 0 atom stereocenters. The quantitative estimate of drug-likeness (QED) is 0.620. The van der Waals surface area contributed by atoms with E-state index in [2.05, 4.69) is 4.98 Å². The normalized spacial score (nSPS) is 15.9. The minimum Gasteiger partial charge on any atom is -0.398 e. The van der Waals surface area contributed by atoms with Crippen molar-refractivity contribution in [2.24, 2.45) is 0 Å². The van der Waals surface area contributed by atoms with Gasteiger partial charge in [-0.3, -0.25) is 0 Å². The number of nitrogens with one attached hydrogen (secondary N) is 1. The van der Waals surface area contributed by atoms with Crippen LogP contribution in [0.4, 0.5) is 10.1 Å². The molecular formula is C19H20FN3S. The van der Waals surface area contributed by atoms with Gasteiger partial charge in [-0.1, -0.05) is 31.0 Å². The molecule has 0 bridgehead atoms. The molecule has 0 unspecified atom stereocenters. The van der Waals surface area contributed by atoms with Crippen molar-refractivity contribution >= 4 is 28.5 Å². The summed E-state index contributed by atoms with van der Waals surface area (Å²) in [5.41, 5.74) is 8.88. The van der Waals surface area contributed by atoms with Crippen LogP contribution in [0.5, 0.6) is 0 Å². The van der Waals surface area contributed by atoms with Gasteiger partial charge in [0.15, 0.2) is 0 Å². The second kappa shape index (κ2) is 6.48. The Bertz CT molecular complexity index is 851. The molecule has 2 aromatic carbocycles.